The van der Waals surface area contributed by atoms with Gasteiger partial charge in [-0.3, -0.25) is 18.6 Å². The number of rotatable bonds is 4. The van der Waals surface area contributed by atoms with E-state index in [2.05, 4.69) is 4.90 Å². The fourth-order valence-corrected chi connectivity index (χ4v) is 7.01. The molecule has 8 nitrogen and oxygen atoms in total. The Labute approximate surface area is 218 Å². The number of morpholine rings is 1. The predicted octanol–water partition coefficient (Wildman–Crippen LogP) is 5.96. The first-order valence-corrected chi connectivity index (χ1v) is 14.0. The first-order valence-electron chi connectivity index (χ1n) is 12.5. The van der Waals surface area contributed by atoms with Crippen LogP contribution in [0.5, 0.6) is 0 Å². The van der Waals surface area contributed by atoms with Crippen molar-refractivity contribution in [2.75, 3.05) is 39.4 Å². The second-order valence-corrected chi connectivity index (χ2v) is 12.5. The maximum Gasteiger partial charge on any atom is 0.419 e. The summed E-state index contributed by atoms with van der Waals surface area (Å²) in [5, 5.41) is 0.702. The number of hydrogen-bond acceptors (Lipinski definition) is 7. The van der Waals surface area contributed by atoms with E-state index in [0.717, 1.165) is 36.3 Å². The maximum absolute atomic E-state index is 14.2. The molecule has 0 aliphatic carbocycles. The Kier molecular flexibility index (Phi) is 6.84. The van der Waals surface area contributed by atoms with Crippen molar-refractivity contribution in [2.24, 2.45) is 0 Å². The molecule has 2 aliphatic heterocycles. The monoisotopic (exact) mass is 531 g/mol. The van der Waals surface area contributed by atoms with E-state index in [0.29, 0.717) is 35.6 Å². The molecule has 10 heteroatoms. The predicted molar refractivity (Wildman–Crippen MR) is 142 cm³/mol. The van der Waals surface area contributed by atoms with Gasteiger partial charge in [-0.1, -0.05) is 6.07 Å². The normalized spacial score (nSPS) is 21.2. The molecule has 0 saturated carbocycles. The minimum Gasteiger partial charge on any atom is -0.443 e. The van der Waals surface area contributed by atoms with E-state index in [1.54, 1.807) is 43.4 Å². The number of benzene rings is 2. The van der Waals surface area contributed by atoms with Crippen molar-refractivity contribution in [2.45, 2.75) is 44.2 Å². The van der Waals surface area contributed by atoms with Crippen LogP contribution in [-0.4, -0.2) is 74.0 Å². The van der Waals surface area contributed by atoms with Crippen LogP contribution >= 0.6 is 10.8 Å². The summed E-state index contributed by atoms with van der Waals surface area (Å²) in [6.45, 7) is 11.6. The summed E-state index contributed by atoms with van der Waals surface area (Å²) in [4.78, 5) is 15.7. The highest BCUT2D eigenvalue weighted by molar-refractivity contribution is 8.22. The molecule has 0 amide bonds. The Morgan fingerprint density at radius 1 is 1.14 bits per heavy atom. The van der Waals surface area contributed by atoms with Crippen molar-refractivity contribution in [3.8, 4) is 11.1 Å². The van der Waals surface area contributed by atoms with Crippen LogP contribution in [0.25, 0.3) is 22.0 Å². The van der Waals surface area contributed by atoms with E-state index in [-0.39, 0.29) is 6.04 Å². The summed E-state index contributed by atoms with van der Waals surface area (Å²) in [7, 11) is -3.13. The van der Waals surface area contributed by atoms with Gasteiger partial charge in [-0.15, -0.1) is 10.8 Å². The standard InChI is InChI=1S/C27H34FN3O5S/c1-18-22-15-19(5-8-25(22)37(33,34)31(18)10-9-29-11-13-35-14-12-29)23-17-30(26(32)36-27(2,3)4)24-16-20(28)6-7-21(23)24/h5-8,15-18,33-34H,9-14H2,1-4H3. The zero-order chi connectivity index (χ0) is 26.5. The van der Waals surface area contributed by atoms with Gasteiger partial charge in [0, 0.05) is 43.3 Å². The van der Waals surface area contributed by atoms with Crippen LogP contribution in [0, 0.1) is 5.82 Å². The quantitative estimate of drug-likeness (QED) is 0.429. The Hall–Kier alpha value is -2.47. The lowest BCUT2D eigenvalue weighted by molar-refractivity contribution is 0.0353. The van der Waals surface area contributed by atoms with Crippen LogP contribution in [0.3, 0.4) is 0 Å². The lowest BCUT2D eigenvalue weighted by atomic mass is 9.99. The first-order chi connectivity index (χ1) is 17.5. The fraction of sp³-hybridized carbons (Fsp3) is 0.444. The second kappa shape index (κ2) is 9.68. The van der Waals surface area contributed by atoms with Crippen molar-refractivity contribution in [1.29, 1.82) is 0 Å². The van der Waals surface area contributed by atoms with Gasteiger partial charge in [-0.05, 0) is 69.2 Å². The number of halogens is 1. The summed E-state index contributed by atoms with van der Waals surface area (Å²) < 4.78 is 50.6. The Bertz CT molecular complexity index is 1330. The largest absolute Gasteiger partial charge is 0.443 e. The molecule has 1 saturated heterocycles. The van der Waals surface area contributed by atoms with Crippen molar-refractivity contribution >= 4 is 27.8 Å². The van der Waals surface area contributed by atoms with Gasteiger partial charge in [0.05, 0.1) is 29.7 Å². The first kappa shape index (κ1) is 26.1. The SMILES string of the molecule is CC1c2cc(-c3cn(C(=O)OC(C)(C)C)c4cc(F)ccc34)ccc2S(O)(O)N1CCN1CCOCC1. The number of ether oxygens (including phenoxy) is 2. The molecule has 3 aromatic rings. The van der Waals surface area contributed by atoms with E-state index >= 15 is 0 Å². The highest BCUT2D eigenvalue weighted by Crippen LogP contribution is 2.63. The zero-order valence-corrected chi connectivity index (χ0v) is 22.4. The van der Waals surface area contributed by atoms with Crippen LogP contribution < -0.4 is 0 Å². The van der Waals surface area contributed by atoms with Gasteiger partial charge in [0.2, 0.25) is 0 Å². The summed E-state index contributed by atoms with van der Waals surface area (Å²) in [5.41, 5.74) is 2.08. The molecule has 1 fully saturated rings. The van der Waals surface area contributed by atoms with Crippen molar-refractivity contribution in [3.05, 3.63) is 54.0 Å². The average Bonchev–Trinajstić information content (AvgIpc) is 3.30. The minimum atomic E-state index is -3.13. The van der Waals surface area contributed by atoms with Crippen LogP contribution in [0.15, 0.2) is 47.5 Å². The lowest BCUT2D eigenvalue weighted by Gasteiger charge is -2.40. The van der Waals surface area contributed by atoms with Gasteiger partial charge in [-0.25, -0.2) is 9.18 Å². The van der Waals surface area contributed by atoms with E-state index in [9.17, 15) is 18.3 Å². The van der Waals surface area contributed by atoms with Gasteiger partial charge in [-0.2, -0.15) is 4.31 Å². The fourth-order valence-electron chi connectivity index (χ4n) is 5.07. The molecule has 0 bridgehead atoms. The number of carbonyl (C=O) groups is 1. The number of aromatic nitrogens is 1. The van der Waals surface area contributed by atoms with Crippen molar-refractivity contribution in [3.63, 3.8) is 0 Å². The number of fused-ring (bicyclic) bond motifs is 2. The van der Waals surface area contributed by atoms with Gasteiger partial charge >= 0.3 is 6.09 Å². The molecule has 200 valence electrons. The molecule has 0 radical (unpaired) electrons. The molecule has 2 aliphatic rings. The van der Waals surface area contributed by atoms with Crippen LogP contribution in [0.1, 0.15) is 39.3 Å². The molecule has 1 aromatic heterocycles. The summed E-state index contributed by atoms with van der Waals surface area (Å²) in [6, 6.07) is 9.65. The Morgan fingerprint density at radius 2 is 1.86 bits per heavy atom. The number of hydrogen-bond donors (Lipinski definition) is 2. The van der Waals surface area contributed by atoms with Gasteiger partial charge in [0.25, 0.3) is 0 Å². The summed E-state index contributed by atoms with van der Waals surface area (Å²) in [5.74, 6) is -0.450. The molecule has 0 spiro atoms. The molecule has 3 heterocycles. The highest BCUT2D eigenvalue weighted by atomic mass is 32.3. The molecule has 37 heavy (non-hydrogen) atoms. The molecular formula is C27H34FN3O5S. The topological polar surface area (TPSA) is 87.4 Å². The van der Waals surface area contributed by atoms with E-state index < -0.39 is 28.3 Å². The van der Waals surface area contributed by atoms with Gasteiger partial charge < -0.3 is 9.47 Å². The van der Waals surface area contributed by atoms with Crippen LogP contribution in [0.2, 0.25) is 0 Å². The third kappa shape index (κ3) is 5.01. The van der Waals surface area contributed by atoms with E-state index in [4.69, 9.17) is 9.47 Å². The smallest absolute Gasteiger partial charge is 0.419 e. The van der Waals surface area contributed by atoms with Crippen molar-refractivity contribution in [1.82, 2.24) is 13.8 Å². The molecule has 1 unspecified atom stereocenters. The van der Waals surface area contributed by atoms with Crippen LogP contribution in [-0.2, 0) is 9.47 Å². The summed E-state index contributed by atoms with van der Waals surface area (Å²) in [6.07, 6.45) is 1.07. The molecule has 1 atom stereocenters. The van der Waals surface area contributed by atoms with Gasteiger partial charge in [0.1, 0.15) is 11.4 Å². The second-order valence-electron chi connectivity index (χ2n) is 10.6. The molecule has 2 aromatic carbocycles. The highest BCUT2D eigenvalue weighted by Gasteiger charge is 2.40. The lowest BCUT2D eigenvalue weighted by Crippen LogP contribution is -2.41. The molecule has 2 N–H and O–H groups in total. The average molecular weight is 532 g/mol. The Morgan fingerprint density at radius 3 is 2.57 bits per heavy atom. The minimum absolute atomic E-state index is 0.211. The van der Waals surface area contributed by atoms with Gasteiger partial charge in [0.15, 0.2) is 0 Å². The molecular weight excluding hydrogens is 497 g/mol. The summed E-state index contributed by atoms with van der Waals surface area (Å²) >= 11 is 0. The Balaban J connectivity index is 1.49. The molecule has 5 rings (SSSR count). The number of nitrogens with zero attached hydrogens (tertiary/aromatic N) is 3. The third-order valence-electron chi connectivity index (χ3n) is 6.92. The van der Waals surface area contributed by atoms with Crippen LogP contribution in [0.4, 0.5) is 9.18 Å². The van der Waals surface area contributed by atoms with E-state index in [1.807, 2.05) is 19.1 Å². The van der Waals surface area contributed by atoms with Crippen molar-refractivity contribution < 1.29 is 27.8 Å². The number of carbonyl (C=O) groups excluding carboxylic acids is 1. The zero-order valence-electron chi connectivity index (χ0n) is 21.6. The van der Waals surface area contributed by atoms with E-state index in [1.165, 1.54) is 16.7 Å². The maximum atomic E-state index is 14.2. The third-order valence-corrected chi connectivity index (χ3v) is 9.04.